The summed E-state index contributed by atoms with van der Waals surface area (Å²) in [6, 6.07) is 7.82. The number of ether oxygens (including phenoxy) is 1. The second-order valence-electron chi connectivity index (χ2n) is 8.44. The standard InChI is InChI=1S/C23H29ClN4O2/c1-6-7-11-19-27-20-15(2)18(26-22(29)30-23(3,4)5)13-25-21(20)28(19)14-16-9-8-10-17(24)12-16/h8-10,12-13H,6-7,11,14H2,1-5H3,(H,26,29). The van der Waals surface area contributed by atoms with E-state index in [0.717, 1.165) is 47.4 Å². The van der Waals surface area contributed by atoms with Gasteiger partial charge in [-0.05, 0) is 51.8 Å². The van der Waals surface area contributed by atoms with Crippen molar-refractivity contribution in [1.82, 2.24) is 14.5 Å². The number of halogens is 1. The van der Waals surface area contributed by atoms with Crippen LogP contribution in [0.3, 0.4) is 0 Å². The first kappa shape index (κ1) is 22.1. The van der Waals surface area contributed by atoms with Crippen molar-refractivity contribution < 1.29 is 9.53 Å². The molecule has 0 aliphatic carbocycles. The van der Waals surface area contributed by atoms with E-state index in [1.807, 2.05) is 52.0 Å². The Morgan fingerprint density at radius 2 is 2.07 bits per heavy atom. The van der Waals surface area contributed by atoms with Gasteiger partial charge < -0.3 is 9.30 Å². The molecule has 2 heterocycles. The minimum Gasteiger partial charge on any atom is -0.444 e. The quantitative estimate of drug-likeness (QED) is 0.512. The van der Waals surface area contributed by atoms with Crippen molar-refractivity contribution in [3.8, 4) is 0 Å². The number of unbranched alkanes of at least 4 members (excludes halogenated alkanes) is 1. The third kappa shape index (κ3) is 5.30. The van der Waals surface area contributed by atoms with Gasteiger partial charge in [-0.1, -0.05) is 37.1 Å². The molecule has 0 saturated carbocycles. The van der Waals surface area contributed by atoms with Gasteiger partial charge in [0.2, 0.25) is 0 Å². The van der Waals surface area contributed by atoms with Gasteiger partial charge in [0.1, 0.15) is 16.9 Å². The molecule has 0 aliphatic heterocycles. The fourth-order valence-electron chi connectivity index (χ4n) is 3.27. The third-order valence-corrected chi connectivity index (χ3v) is 4.95. The predicted molar refractivity (Wildman–Crippen MR) is 121 cm³/mol. The number of fused-ring (bicyclic) bond motifs is 1. The molecule has 1 N–H and O–H groups in total. The number of benzene rings is 1. The van der Waals surface area contributed by atoms with E-state index in [4.69, 9.17) is 21.3 Å². The minimum absolute atomic E-state index is 0.503. The zero-order chi connectivity index (χ0) is 21.9. The molecule has 1 aromatic carbocycles. The highest BCUT2D eigenvalue weighted by Crippen LogP contribution is 2.26. The monoisotopic (exact) mass is 428 g/mol. The second kappa shape index (κ2) is 9.04. The van der Waals surface area contributed by atoms with Gasteiger partial charge >= 0.3 is 6.09 Å². The second-order valence-corrected chi connectivity index (χ2v) is 8.88. The number of carbonyl (C=O) groups excluding carboxylic acids is 1. The van der Waals surface area contributed by atoms with Crippen molar-refractivity contribution in [3.05, 3.63) is 52.4 Å². The van der Waals surface area contributed by atoms with E-state index in [2.05, 4.69) is 21.8 Å². The van der Waals surface area contributed by atoms with Crippen molar-refractivity contribution in [2.75, 3.05) is 5.32 Å². The third-order valence-electron chi connectivity index (χ3n) is 4.71. The van der Waals surface area contributed by atoms with Crippen LogP contribution in [0.4, 0.5) is 10.5 Å². The van der Waals surface area contributed by atoms with E-state index < -0.39 is 11.7 Å². The Balaban J connectivity index is 1.99. The maximum atomic E-state index is 12.2. The van der Waals surface area contributed by atoms with Crippen molar-refractivity contribution in [3.63, 3.8) is 0 Å². The van der Waals surface area contributed by atoms with Gasteiger partial charge in [0.15, 0.2) is 5.65 Å². The molecule has 6 nitrogen and oxygen atoms in total. The molecule has 7 heteroatoms. The molecule has 3 rings (SSSR count). The van der Waals surface area contributed by atoms with Gasteiger partial charge in [-0.25, -0.2) is 14.8 Å². The van der Waals surface area contributed by atoms with Gasteiger partial charge in [0.05, 0.1) is 18.4 Å². The fourth-order valence-corrected chi connectivity index (χ4v) is 3.48. The first-order valence-electron chi connectivity index (χ1n) is 10.3. The average Bonchev–Trinajstić information content (AvgIpc) is 2.99. The lowest BCUT2D eigenvalue weighted by Crippen LogP contribution is -2.27. The molecule has 0 saturated heterocycles. The Morgan fingerprint density at radius 3 is 2.73 bits per heavy atom. The first-order chi connectivity index (χ1) is 14.2. The van der Waals surface area contributed by atoms with Gasteiger partial charge in [0, 0.05) is 17.0 Å². The molecular weight excluding hydrogens is 400 g/mol. The van der Waals surface area contributed by atoms with Gasteiger partial charge in [-0.2, -0.15) is 0 Å². The predicted octanol–water partition coefficient (Wildman–Crippen LogP) is 6.13. The van der Waals surface area contributed by atoms with Crippen LogP contribution < -0.4 is 5.32 Å². The highest BCUT2D eigenvalue weighted by Gasteiger charge is 2.20. The zero-order valence-corrected chi connectivity index (χ0v) is 19.0. The Kier molecular flexibility index (Phi) is 6.66. The van der Waals surface area contributed by atoms with E-state index in [1.54, 1.807) is 6.20 Å². The van der Waals surface area contributed by atoms with Crippen LogP contribution in [-0.2, 0) is 17.7 Å². The summed E-state index contributed by atoms with van der Waals surface area (Å²) >= 11 is 6.17. The summed E-state index contributed by atoms with van der Waals surface area (Å²) in [5.41, 5.74) is 3.58. The van der Waals surface area contributed by atoms with Crippen LogP contribution in [0, 0.1) is 6.92 Å². The molecular formula is C23H29ClN4O2. The number of hydrogen-bond acceptors (Lipinski definition) is 4. The number of nitrogens with one attached hydrogen (secondary N) is 1. The van der Waals surface area contributed by atoms with Crippen LogP contribution in [0.5, 0.6) is 0 Å². The largest absolute Gasteiger partial charge is 0.444 e. The number of carbonyl (C=O) groups is 1. The van der Waals surface area contributed by atoms with Crippen LogP contribution in [0.1, 0.15) is 57.5 Å². The number of imidazole rings is 1. The van der Waals surface area contributed by atoms with Gasteiger partial charge in [0.25, 0.3) is 0 Å². The van der Waals surface area contributed by atoms with Gasteiger partial charge in [-0.3, -0.25) is 5.32 Å². The average molecular weight is 429 g/mol. The van der Waals surface area contributed by atoms with Crippen molar-refractivity contribution in [1.29, 1.82) is 0 Å². The normalized spacial score (nSPS) is 11.7. The fraction of sp³-hybridized carbons (Fsp3) is 0.435. The lowest BCUT2D eigenvalue weighted by atomic mass is 10.2. The molecule has 0 atom stereocenters. The summed E-state index contributed by atoms with van der Waals surface area (Å²) in [6.07, 6.45) is 4.15. The lowest BCUT2D eigenvalue weighted by molar-refractivity contribution is 0.0636. The topological polar surface area (TPSA) is 69.0 Å². The molecule has 0 bridgehead atoms. The first-order valence-corrected chi connectivity index (χ1v) is 10.6. The summed E-state index contributed by atoms with van der Waals surface area (Å²) in [5.74, 6) is 0.983. The summed E-state index contributed by atoms with van der Waals surface area (Å²) < 4.78 is 7.50. The maximum Gasteiger partial charge on any atom is 0.412 e. The summed E-state index contributed by atoms with van der Waals surface area (Å²) in [6.45, 7) is 10.2. The Bertz CT molecular complexity index is 1050. The Labute approximate surface area is 182 Å². The summed E-state index contributed by atoms with van der Waals surface area (Å²) in [4.78, 5) is 21.7. The number of amides is 1. The number of aromatic nitrogens is 3. The SMILES string of the molecule is CCCCc1nc2c(C)c(NC(=O)OC(C)(C)C)cnc2n1Cc1cccc(Cl)c1. The van der Waals surface area contributed by atoms with Crippen molar-refractivity contribution in [2.24, 2.45) is 0 Å². The number of anilines is 1. The molecule has 0 radical (unpaired) electrons. The highest BCUT2D eigenvalue weighted by molar-refractivity contribution is 6.30. The van der Waals surface area contributed by atoms with Crippen molar-refractivity contribution in [2.45, 2.75) is 66.0 Å². The van der Waals surface area contributed by atoms with Crippen LogP contribution in [-0.4, -0.2) is 26.2 Å². The number of rotatable bonds is 6. The Hall–Kier alpha value is -2.60. The van der Waals surface area contributed by atoms with Crippen LogP contribution in [0.2, 0.25) is 5.02 Å². The Morgan fingerprint density at radius 1 is 1.30 bits per heavy atom. The van der Waals surface area contributed by atoms with E-state index in [-0.39, 0.29) is 0 Å². The lowest BCUT2D eigenvalue weighted by Gasteiger charge is -2.20. The molecule has 0 unspecified atom stereocenters. The smallest absolute Gasteiger partial charge is 0.412 e. The molecule has 2 aromatic heterocycles. The summed E-state index contributed by atoms with van der Waals surface area (Å²) in [7, 11) is 0. The molecule has 30 heavy (non-hydrogen) atoms. The van der Waals surface area contributed by atoms with Crippen molar-refractivity contribution >= 4 is 34.5 Å². The summed E-state index contributed by atoms with van der Waals surface area (Å²) in [5, 5.41) is 3.51. The van der Waals surface area contributed by atoms with Crippen LogP contribution in [0.15, 0.2) is 30.5 Å². The number of nitrogens with zero attached hydrogens (tertiary/aromatic N) is 3. The maximum absolute atomic E-state index is 12.2. The molecule has 160 valence electrons. The highest BCUT2D eigenvalue weighted by atomic mass is 35.5. The molecule has 3 aromatic rings. The number of aryl methyl sites for hydroxylation is 2. The van der Waals surface area contributed by atoms with Crippen LogP contribution >= 0.6 is 11.6 Å². The molecule has 0 spiro atoms. The zero-order valence-electron chi connectivity index (χ0n) is 18.3. The minimum atomic E-state index is -0.568. The molecule has 0 fully saturated rings. The van der Waals surface area contributed by atoms with E-state index in [1.165, 1.54) is 0 Å². The van der Waals surface area contributed by atoms with E-state index >= 15 is 0 Å². The molecule has 0 aliphatic rings. The van der Waals surface area contributed by atoms with Crippen LogP contribution in [0.25, 0.3) is 11.2 Å². The van der Waals surface area contributed by atoms with E-state index in [9.17, 15) is 4.79 Å². The number of hydrogen-bond donors (Lipinski definition) is 1. The molecule has 1 amide bonds. The number of pyridine rings is 1. The van der Waals surface area contributed by atoms with Gasteiger partial charge in [-0.15, -0.1) is 0 Å². The van der Waals surface area contributed by atoms with E-state index in [0.29, 0.717) is 17.3 Å².